The lowest BCUT2D eigenvalue weighted by Crippen LogP contribution is -2.35. The predicted molar refractivity (Wildman–Crippen MR) is 255 cm³/mol. The van der Waals surface area contributed by atoms with Crippen molar-refractivity contribution in [2.24, 2.45) is 0 Å². The smallest absolute Gasteiger partial charge is 0.307 e. The molecule has 0 aliphatic rings. The first-order valence-electron chi connectivity index (χ1n) is 23.5. The minimum absolute atomic E-state index is 0.0494. The van der Waals surface area contributed by atoms with Gasteiger partial charge in [0.25, 0.3) is 0 Å². The minimum atomic E-state index is -0.200. The molecule has 0 bridgehead atoms. The van der Waals surface area contributed by atoms with E-state index in [4.69, 9.17) is 9.47 Å². The molecule has 0 saturated carbocycles. The maximum atomic E-state index is 12.6. The third kappa shape index (κ3) is 45.5. The molecule has 0 rings (SSSR count). The molecule has 0 spiro atoms. The van der Waals surface area contributed by atoms with Crippen LogP contribution >= 0.6 is 43.2 Å². The highest BCUT2D eigenvalue weighted by atomic mass is 33.1. The molecule has 0 unspecified atom stereocenters. The van der Waals surface area contributed by atoms with Crippen LogP contribution in [0.15, 0.2) is 0 Å². The van der Waals surface area contributed by atoms with Crippen LogP contribution in [-0.2, 0) is 19.1 Å². The molecule has 0 aliphatic carbocycles. The number of aliphatic hydroxyl groups is 2. The van der Waals surface area contributed by atoms with E-state index in [9.17, 15) is 19.8 Å². The van der Waals surface area contributed by atoms with Crippen LogP contribution in [-0.4, -0.2) is 121 Å². The number of rotatable bonds is 48. The largest absolute Gasteiger partial charge is 0.465 e. The lowest BCUT2D eigenvalue weighted by atomic mass is 10.1. The van der Waals surface area contributed by atoms with Gasteiger partial charge in [-0.15, -0.1) is 0 Å². The molecule has 0 radical (unpaired) electrons. The fourth-order valence-corrected chi connectivity index (χ4v) is 10.7. The van der Waals surface area contributed by atoms with E-state index in [0.29, 0.717) is 45.9 Å². The van der Waals surface area contributed by atoms with Crippen LogP contribution in [0.5, 0.6) is 0 Å². The maximum Gasteiger partial charge on any atom is 0.307 e. The number of hydrogen-bond donors (Lipinski definition) is 2. The van der Waals surface area contributed by atoms with Gasteiger partial charge in [-0.2, -0.15) is 0 Å². The molecule has 0 fully saturated rings. The minimum Gasteiger partial charge on any atom is -0.465 e. The molecule has 8 nitrogen and oxygen atoms in total. The lowest BCUT2D eigenvalue weighted by molar-refractivity contribution is -0.143. The van der Waals surface area contributed by atoms with Crippen molar-refractivity contribution in [2.45, 2.75) is 187 Å². The molecule has 0 aromatic carbocycles. The second-order valence-corrected chi connectivity index (χ2v) is 20.9. The van der Waals surface area contributed by atoms with E-state index in [-0.39, 0.29) is 38.0 Å². The Morgan fingerprint density at radius 3 is 1.02 bits per heavy atom. The molecule has 0 saturated heterocycles. The molecule has 0 aromatic rings. The van der Waals surface area contributed by atoms with Crippen molar-refractivity contribution in [3.05, 3.63) is 0 Å². The standard InChI is InChI=1S/C45H90N2O6S4/c1-3-5-7-9-11-13-15-17-19-21-23-25-40-54-56-42-38-52-44(50)28-32-46(30-27-31-47(34-36-48)35-37-49)33-29-45(51)53-39-43-57-55-41-26-24-22-20-18-16-14-12-10-8-6-4-2/h48-49H,3-43H2,1-2H3. The zero-order chi connectivity index (χ0) is 41.5. The second kappa shape index (κ2) is 48.8. The number of hydrogen-bond acceptors (Lipinski definition) is 12. The van der Waals surface area contributed by atoms with E-state index < -0.39 is 0 Å². The fraction of sp³-hybridized carbons (Fsp3) is 0.956. The van der Waals surface area contributed by atoms with Gasteiger partial charge >= 0.3 is 11.9 Å². The van der Waals surface area contributed by atoms with Crippen LogP contribution in [0.4, 0.5) is 0 Å². The average Bonchev–Trinajstić information content (AvgIpc) is 3.21. The van der Waals surface area contributed by atoms with Gasteiger partial charge in [-0.1, -0.05) is 198 Å². The molecule has 0 amide bonds. The summed E-state index contributed by atoms with van der Waals surface area (Å²) in [6, 6.07) is 0. The summed E-state index contributed by atoms with van der Waals surface area (Å²) in [5, 5.41) is 18.7. The number of carbonyl (C=O) groups is 2. The Kier molecular flexibility index (Phi) is 49.0. The van der Waals surface area contributed by atoms with Gasteiger partial charge in [0, 0.05) is 49.2 Å². The van der Waals surface area contributed by atoms with Crippen LogP contribution in [0.1, 0.15) is 187 Å². The first kappa shape index (κ1) is 57.2. The summed E-state index contributed by atoms with van der Waals surface area (Å²) in [6.07, 6.45) is 34.3. The Labute approximate surface area is 368 Å². The molecule has 57 heavy (non-hydrogen) atoms. The van der Waals surface area contributed by atoms with Gasteiger partial charge in [-0.25, -0.2) is 0 Å². The Balaban J connectivity index is 4.06. The lowest BCUT2D eigenvalue weighted by Gasteiger charge is -2.24. The number of unbranched alkanes of at least 4 members (excludes halogenated alkanes) is 22. The molecule has 0 aromatic heterocycles. The highest BCUT2D eigenvalue weighted by Gasteiger charge is 2.14. The molecule has 0 aliphatic heterocycles. The van der Waals surface area contributed by atoms with Gasteiger partial charge in [0.2, 0.25) is 0 Å². The van der Waals surface area contributed by atoms with Crippen LogP contribution in [0.2, 0.25) is 0 Å². The highest BCUT2D eigenvalue weighted by Crippen LogP contribution is 2.24. The Hall–Kier alpha value is 0.180. The van der Waals surface area contributed by atoms with Crippen molar-refractivity contribution in [3.63, 3.8) is 0 Å². The van der Waals surface area contributed by atoms with Crippen LogP contribution in [0.25, 0.3) is 0 Å². The van der Waals surface area contributed by atoms with Crippen molar-refractivity contribution in [3.8, 4) is 0 Å². The van der Waals surface area contributed by atoms with Crippen molar-refractivity contribution in [1.82, 2.24) is 9.80 Å². The average molecular weight is 883 g/mol. The Bertz CT molecular complexity index is 775. The van der Waals surface area contributed by atoms with Gasteiger partial charge in [-0.3, -0.25) is 14.5 Å². The van der Waals surface area contributed by atoms with E-state index in [1.165, 1.54) is 154 Å². The van der Waals surface area contributed by atoms with Gasteiger partial charge < -0.3 is 24.6 Å². The summed E-state index contributed by atoms with van der Waals surface area (Å²) in [5.41, 5.74) is 0. The van der Waals surface area contributed by atoms with E-state index in [1.54, 1.807) is 21.6 Å². The zero-order valence-electron chi connectivity index (χ0n) is 37.0. The van der Waals surface area contributed by atoms with Crippen molar-refractivity contribution < 1.29 is 29.3 Å². The van der Waals surface area contributed by atoms with Gasteiger partial charge in [0.05, 0.1) is 26.1 Å². The molecular weight excluding hydrogens is 793 g/mol. The van der Waals surface area contributed by atoms with E-state index in [1.807, 2.05) is 26.5 Å². The quantitative estimate of drug-likeness (QED) is 0.0346. The van der Waals surface area contributed by atoms with E-state index in [2.05, 4.69) is 18.7 Å². The third-order valence-corrected chi connectivity index (χ3v) is 15.1. The topological polar surface area (TPSA) is 99.5 Å². The van der Waals surface area contributed by atoms with E-state index >= 15 is 0 Å². The number of carbonyl (C=O) groups excluding carboxylic acids is 2. The van der Waals surface area contributed by atoms with Crippen molar-refractivity contribution >= 4 is 55.1 Å². The zero-order valence-corrected chi connectivity index (χ0v) is 40.3. The van der Waals surface area contributed by atoms with Gasteiger partial charge in [-0.05, 0) is 32.4 Å². The Morgan fingerprint density at radius 2 is 0.684 bits per heavy atom. The SMILES string of the molecule is CCCCCCCCCCCCCCSSCCOC(=O)CCN(CCCN(CCO)CCO)CCC(=O)OCCSSCCCCCCCCCCCCCC. The monoisotopic (exact) mass is 883 g/mol. The summed E-state index contributed by atoms with van der Waals surface area (Å²) in [7, 11) is 7.35. The fourth-order valence-electron chi connectivity index (χ4n) is 6.73. The second-order valence-electron chi connectivity index (χ2n) is 15.5. The molecule has 0 atom stereocenters. The number of ether oxygens (including phenoxy) is 2. The number of nitrogens with zero attached hydrogens (tertiary/aromatic N) is 2. The Morgan fingerprint density at radius 1 is 0.386 bits per heavy atom. The van der Waals surface area contributed by atoms with Crippen molar-refractivity contribution in [1.29, 1.82) is 0 Å². The summed E-state index contributed by atoms with van der Waals surface area (Å²) >= 11 is 0. The first-order chi connectivity index (χ1) is 28.1. The van der Waals surface area contributed by atoms with Crippen LogP contribution in [0, 0.1) is 0 Å². The summed E-state index contributed by atoms with van der Waals surface area (Å²) in [5.74, 6) is 3.50. The normalized spacial score (nSPS) is 11.6. The van der Waals surface area contributed by atoms with Gasteiger partial charge in [0.15, 0.2) is 0 Å². The molecule has 2 N–H and O–H groups in total. The molecule has 12 heteroatoms. The van der Waals surface area contributed by atoms with Crippen LogP contribution < -0.4 is 0 Å². The summed E-state index contributed by atoms with van der Waals surface area (Å²) in [6.45, 7) is 9.03. The highest BCUT2D eigenvalue weighted by molar-refractivity contribution is 8.77. The maximum absolute atomic E-state index is 12.6. The van der Waals surface area contributed by atoms with Crippen LogP contribution in [0.3, 0.4) is 0 Å². The number of aliphatic hydroxyl groups excluding tert-OH is 2. The third-order valence-electron chi connectivity index (χ3n) is 10.2. The predicted octanol–water partition coefficient (Wildman–Crippen LogP) is 12.0. The summed E-state index contributed by atoms with van der Waals surface area (Å²) in [4.78, 5) is 29.3. The molecule has 340 valence electrons. The molecular formula is C45H90N2O6S4. The summed E-state index contributed by atoms with van der Waals surface area (Å²) < 4.78 is 11.1. The van der Waals surface area contributed by atoms with Gasteiger partial charge in [0.1, 0.15) is 13.2 Å². The molecule has 0 heterocycles. The first-order valence-corrected chi connectivity index (χ1v) is 28.5. The number of esters is 2. The van der Waals surface area contributed by atoms with E-state index in [0.717, 1.165) is 36.0 Å². The van der Waals surface area contributed by atoms with Crippen molar-refractivity contribution in [2.75, 3.05) is 88.7 Å².